The van der Waals surface area contributed by atoms with E-state index in [2.05, 4.69) is 30.5 Å². The number of ether oxygens (including phenoxy) is 1. The van der Waals surface area contributed by atoms with E-state index in [1.165, 1.54) is 0 Å². The minimum absolute atomic E-state index is 0.00647. The summed E-state index contributed by atoms with van der Waals surface area (Å²) in [4.78, 5) is 22.8. The van der Waals surface area contributed by atoms with Gasteiger partial charge in [0.25, 0.3) is 0 Å². The van der Waals surface area contributed by atoms with Gasteiger partial charge < -0.3 is 19.6 Å². The van der Waals surface area contributed by atoms with E-state index >= 15 is 0 Å². The Balaban J connectivity index is 1.36. The summed E-state index contributed by atoms with van der Waals surface area (Å²) in [7, 11) is -3.71. The number of aromatic nitrogens is 4. The lowest BCUT2D eigenvalue weighted by Gasteiger charge is -2.19. The average molecular weight is 637 g/mol. The van der Waals surface area contributed by atoms with Crippen molar-refractivity contribution < 1.29 is 17.9 Å². The number of carbonyl (C=O) groups excluding carboxylic acids is 1. The molecule has 0 aliphatic rings. The molecular weight excluding hydrogens is 600 g/mol. The fraction of sp³-hybridized carbons (Fsp3) is 0.229. The molecule has 0 saturated heterocycles. The Kier molecular flexibility index (Phi) is 8.37. The number of sulfonamides is 1. The summed E-state index contributed by atoms with van der Waals surface area (Å²) in [5.41, 5.74) is 9.88. The minimum Gasteiger partial charge on any atom is -0.454 e. The molecule has 10 nitrogen and oxygen atoms in total. The number of imidazole rings is 1. The van der Waals surface area contributed by atoms with Gasteiger partial charge in [-0.25, -0.2) is 23.2 Å². The number of esters is 1. The van der Waals surface area contributed by atoms with Gasteiger partial charge in [0.2, 0.25) is 10.0 Å². The molecule has 46 heavy (non-hydrogen) atoms. The van der Waals surface area contributed by atoms with E-state index in [-0.39, 0.29) is 31.0 Å². The molecule has 0 saturated carbocycles. The van der Waals surface area contributed by atoms with Crippen molar-refractivity contribution in [1.29, 1.82) is 0 Å². The molecule has 3 aromatic carbocycles. The SMILES string of the molecule is CC(C)(C)n1cnc(COC(=O)c2cc3ccc(CN)nc3n2Cc2cc(NS(=O)(=O)Cc3ccccc3)cc3ccccc23)c1. The smallest absolute Gasteiger partial charge is 0.355 e. The van der Waals surface area contributed by atoms with Crippen LogP contribution in [0.2, 0.25) is 0 Å². The Hall–Kier alpha value is -5.00. The highest BCUT2D eigenvalue weighted by atomic mass is 32.2. The number of carbonyl (C=O) groups is 1. The molecule has 0 unspecified atom stereocenters. The minimum atomic E-state index is -3.71. The number of nitrogens with one attached hydrogen (secondary N) is 1. The van der Waals surface area contributed by atoms with E-state index in [0.717, 1.165) is 21.7 Å². The van der Waals surface area contributed by atoms with E-state index in [1.807, 2.05) is 71.4 Å². The first kappa shape index (κ1) is 31.0. The highest BCUT2D eigenvalue weighted by Crippen LogP contribution is 2.29. The zero-order valence-electron chi connectivity index (χ0n) is 26.0. The number of anilines is 1. The molecule has 3 heterocycles. The van der Waals surface area contributed by atoms with Gasteiger partial charge >= 0.3 is 5.97 Å². The summed E-state index contributed by atoms with van der Waals surface area (Å²) < 4.78 is 38.6. The average Bonchev–Trinajstić information content (AvgIpc) is 3.65. The van der Waals surface area contributed by atoms with Crippen LogP contribution in [0.4, 0.5) is 5.69 Å². The van der Waals surface area contributed by atoms with Crippen LogP contribution in [0.25, 0.3) is 21.8 Å². The Morgan fingerprint density at radius 3 is 2.43 bits per heavy atom. The molecule has 0 bridgehead atoms. The summed E-state index contributed by atoms with van der Waals surface area (Å²) in [5, 5.41) is 2.52. The monoisotopic (exact) mass is 636 g/mol. The van der Waals surface area contributed by atoms with E-state index < -0.39 is 16.0 Å². The predicted octanol–water partition coefficient (Wildman–Crippen LogP) is 5.95. The summed E-state index contributed by atoms with van der Waals surface area (Å²) in [6.07, 6.45) is 3.60. The first-order valence-corrected chi connectivity index (χ1v) is 16.6. The maximum Gasteiger partial charge on any atom is 0.355 e. The van der Waals surface area contributed by atoms with Crippen molar-refractivity contribution in [3.63, 3.8) is 0 Å². The maximum atomic E-state index is 13.6. The molecule has 3 aromatic heterocycles. The molecule has 3 N–H and O–H groups in total. The van der Waals surface area contributed by atoms with Gasteiger partial charge in [-0.3, -0.25) is 4.72 Å². The molecule has 0 fully saturated rings. The number of rotatable bonds is 10. The van der Waals surface area contributed by atoms with Gasteiger partial charge in [0, 0.05) is 29.4 Å². The zero-order valence-corrected chi connectivity index (χ0v) is 26.8. The van der Waals surface area contributed by atoms with Crippen LogP contribution >= 0.6 is 0 Å². The number of nitrogens with two attached hydrogens (primary N) is 1. The van der Waals surface area contributed by atoms with Crippen LogP contribution in [0.3, 0.4) is 0 Å². The second kappa shape index (κ2) is 12.4. The second-order valence-electron chi connectivity index (χ2n) is 12.3. The van der Waals surface area contributed by atoms with Crippen molar-refractivity contribution in [2.75, 3.05) is 4.72 Å². The van der Waals surface area contributed by atoms with E-state index in [9.17, 15) is 13.2 Å². The first-order valence-electron chi connectivity index (χ1n) is 14.9. The van der Waals surface area contributed by atoms with Crippen LogP contribution in [-0.4, -0.2) is 33.5 Å². The Labute approximate surface area is 267 Å². The molecule has 6 aromatic rings. The lowest BCUT2D eigenvalue weighted by atomic mass is 10.0. The van der Waals surface area contributed by atoms with Gasteiger partial charge in [-0.2, -0.15) is 0 Å². The number of nitrogens with zero attached hydrogens (tertiary/aromatic N) is 4. The van der Waals surface area contributed by atoms with E-state index in [4.69, 9.17) is 15.5 Å². The number of benzene rings is 3. The van der Waals surface area contributed by atoms with Crippen LogP contribution in [-0.2, 0) is 45.7 Å². The molecule has 0 atom stereocenters. The zero-order chi connectivity index (χ0) is 32.5. The van der Waals surface area contributed by atoms with Crippen molar-refractivity contribution in [3.8, 4) is 0 Å². The van der Waals surface area contributed by atoms with Crippen molar-refractivity contribution in [2.45, 2.75) is 51.8 Å². The molecule has 236 valence electrons. The van der Waals surface area contributed by atoms with Gasteiger partial charge in [0.15, 0.2) is 0 Å². The second-order valence-corrected chi connectivity index (χ2v) is 14.0. The molecule has 0 spiro atoms. The number of pyridine rings is 1. The lowest BCUT2D eigenvalue weighted by molar-refractivity contribution is 0.0456. The van der Waals surface area contributed by atoms with Crippen LogP contribution in [0.1, 0.15) is 53.8 Å². The molecule has 0 amide bonds. The highest BCUT2D eigenvalue weighted by Gasteiger charge is 2.21. The lowest BCUT2D eigenvalue weighted by Crippen LogP contribution is -2.19. The Bertz CT molecular complexity index is 2150. The van der Waals surface area contributed by atoms with Crippen LogP contribution in [0.15, 0.2) is 97.5 Å². The van der Waals surface area contributed by atoms with Gasteiger partial charge in [-0.1, -0.05) is 54.6 Å². The maximum absolute atomic E-state index is 13.6. The van der Waals surface area contributed by atoms with Crippen molar-refractivity contribution in [2.24, 2.45) is 5.73 Å². The topological polar surface area (TPSA) is 134 Å². The van der Waals surface area contributed by atoms with E-state index in [0.29, 0.717) is 34.0 Å². The first-order chi connectivity index (χ1) is 22.0. The van der Waals surface area contributed by atoms with Crippen molar-refractivity contribution in [1.82, 2.24) is 19.1 Å². The molecule has 11 heteroatoms. The van der Waals surface area contributed by atoms with Gasteiger partial charge in [-0.05, 0) is 73.0 Å². The summed E-state index contributed by atoms with van der Waals surface area (Å²) in [6, 6.07) is 25.8. The summed E-state index contributed by atoms with van der Waals surface area (Å²) in [5.74, 6) is -0.685. The third-order valence-electron chi connectivity index (χ3n) is 7.73. The number of hydrogen-bond donors (Lipinski definition) is 2. The predicted molar refractivity (Wildman–Crippen MR) is 180 cm³/mol. The molecule has 0 aliphatic heterocycles. The van der Waals surface area contributed by atoms with Crippen LogP contribution in [0, 0.1) is 0 Å². The molecule has 0 radical (unpaired) electrons. The standard InChI is InChI=1S/C35H36N6O4S/c1-35(2,3)40-20-30(37-23-40)21-45-34(42)32-17-26-13-14-28(18-36)38-33(26)41(32)19-27-16-29(15-25-11-7-8-12-31(25)27)39-46(43,44)22-24-9-5-4-6-10-24/h4-17,20,23,39H,18-19,21-22,36H2,1-3H3. The summed E-state index contributed by atoms with van der Waals surface area (Å²) >= 11 is 0. The Morgan fingerprint density at radius 1 is 0.935 bits per heavy atom. The largest absolute Gasteiger partial charge is 0.454 e. The third kappa shape index (κ3) is 6.80. The number of hydrogen-bond acceptors (Lipinski definition) is 7. The van der Waals surface area contributed by atoms with Crippen molar-refractivity contribution in [3.05, 3.63) is 126 Å². The summed E-state index contributed by atoms with van der Waals surface area (Å²) in [6.45, 7) is 6.67. The Morgan fingerprint density at radius 2 is 1.70 bits per heavy atom. The quantitative estimate of drug-likeness (QED) is 0.178. The van der Waals surface area contributed by atoms with Gasteiger partial charge in [-0.15, -0.1) is 0 Å². The molecule has 0 aliphatic carbocycles. The van der Waals surface area contributed by atoms with Gasteiger partial charge in [0.05, 0.1) is 30.0 Å². The fourth-order valence-corrected chi connectivity index (χ4v) is 6.57. The normalized spacial score (nSPS) is 12.1. The molecular formula is C35H36N6O4S. The van der Waals surface area contributed by atoms with Crippen LogP contribution in [0.5, 0.6) is 0 Å². The molecule has 6 rings (SSSR count). The van der Waals surface area contributed by atoms with Crippen LogP contribution < -0.4 is 10.5 Å². The van der Waals surface area contributed by atoms with Gasteiger partial charge in [0.1, 0.15) is 17.9 Å². The fourth-order valence-electron chi connectivity index (χ4n) is 5.39. The van der Waals surface area contributed by atoms with Crippen molar-refractivity contribution >= 4 is 43.5 Å². The highest BCUT2D eigenvalue weighted by molar-refractivity contribution is 7.91. The third-order valence-corrected chi connectivity index (χ3v) is 8.99. The number of fused-ring (bicyclic) bond motifs is 2. The van der Waals surface area contributed by atoms with E-state index in [1.54, 1.807) is 35.2 Å².